The fourth-order valence-corrected chi connectivity index (χ4v) is 3.30. The molecule has 1 aromatic carbocycles. The zero-order valence-corrected chi connectivity index (χ0v) is 16.1. The summed E-state index contributed by atoms with van der Waals surface area (Å²) in [7, 11) is 1.62. The Bertz CT molecular complexity index is 825. The van der Waals surface area contributed by atoms with Gasteiger partial charge in [-0.15, -0.1) is 11.3 Å². The van der Waals surface area contributed by atoms with Gasteiger partial charge in [0.2, 0.25) is 0 Å². The van der Waals surface area contributed by atoms with Crippen molar-refractivity contribution in [3.8, 4) is 5.75 Å². The molecular formula is C20H22N2O4S. The number of carbonyl (C=O) groups is 2. The van der Waals surface area contributed by atoms with Crippen molar-refractivity contribution in [2.45, 2.75) is 25.8 Å². The maximum absolute atomic E-state index is 12.2. The van der Waals surface area contributed by atoms with E-state index in [4.69, 9.17) is 9.47 Å². The lowest BCUT2D eigenvalue weighted by atomic mass is 10.0. The van der Waals surface area contributed by atoms with E-state index in [2.05, 4.69) is 10.3 Å². The monoisotopic (exact) mass is 386 g/mol. The van der Waals surface area contributed by atoms with Crippen LogP contribution in [0.5, 0.6) is 5.75 Å². The highest BCUT2D eigenvalue weighted by atomic mass is 32.1. The number of ether oxygens (including phenoxy) is 2. The van der Waals surface area contributed by atoms with Crippen molar-refractivity contribution in [2.24, 2.45) is 5.92 Å². The van der Waals surface area contributed by atoms with E-state index in [-0.39, 0.29) is 18.6 Å². The van der Waals surface area contributed by atoms with Gasteiger partial charge >= 0.3 is 5.97 Å². The fourth-order valence-electron chi connectivity index (χ4n) is 2.72. The third-order valence-corrected chi connectivity index (χ3v) is 5.05. The topological polar surface area (TPSA) is 77.5 Å². The van der Waals surface area contributed by atoms with E-state index >= 15 is 0 Å². The molecule has 1 amide bonds. The Morgan fingerprint density at radius 1 is 1.33 bits per heavy atom. The minimum atomic E-state index is -0.566. The van der Waals surface area contributed by atoms with Crippen LogP contribution in [0.15, 0.2) is 35.7 Å². The van der Waals surface area contributed by atoms with Gasteiger partial charge in [-0.25, -0.2) is 9.78 Å². The number of esters is 1. The van der Waals surface area contributed by atoms with Crippen LogP contribution in [0.3, 0.4) is 0 Å². The van der Waals surface area contributed by atoms with Gasteiger partial charge in [0.05, 0.1) is 23.9 Å². The zero-order chi connectivity index (χ0) is 19.2. The maximum atomic E-state index is 12.2. The van der Waals surface area contributed by atoms with Crippen molar-refractivity contribution in [1.82, 2.24) is 10.3 Å². The lowest BCUT2D eigenvalue weighted by Crippen LogP contribution is -2.33. The van der Waals surface area contributed by atoms with E-state index in [1.54, 1.807) is 13.2 Å². The molecule has 1 N–H and O–H groups in total. The minimum absolute atomic E-state index is 0.0735. The SMILES string of the molecule is COc1ccc(C(NC(=O)COC(=O)/C=C/c2csc(C)n2)C2CC2)cc1. The number of methoxy groups -OCH3 is 1. The van der Waals surface area contributed by atoms with Gasteiger partial charge in [-0.05, 0) is 49.5 Å². The quantitative estimate of drug-likeness (QED) is 0.556. The second-order valence-corrected chi connectivity index (χ2v) is 7.45. The van der Waals surface area contributed by atoms with E-state index in [1.165, 1.54) is 17.4 Å². The van der Waals surface area contributed by atoms with Gasteiger partial charge < -0.3 is 14.8 Å². The lowest BCUT2D eigenvalue weighted by Gasteiger charge is -2.19. The van der Waals surface area contributed by atoms with Crippen molar-refractivity contribution in [1.29, 1.82) is 0 Å². The molecule has 6 nitrogen and oxygen atoms in total. The molecular weight excluding hydrogens is 364 g/mol. The van der Waals surface area contributed by atoms with Crippen LogP contribution in [0, 0.1) is 12.8 Å². The molecule has 1 fully saturated rings. The molecule has 1 unspecified atom stereocenters. The highest BCUT2D eigenvalue weighted by Gasteiger charge is 2.33. The molecule has 27 heavy (non-hydrogen) atoms. The number of nitrogens with one attached hydrogen (secondary N) is 1. The predicted octanol–water partition coefficient (Wildman–Crippen LogP) is 3.28. The smallest absolute Gasteiger partial charge is 0.331 e. The van der Waals surface area contributed by atoms with Crippen molar-refractivity contribution in [2.75, 3.05) is 13.7 Å². The Hall–Kier alpha value is -2.67. The summed E-state index contributed by atoms with van der Waals surface area (Å²) in [6.07, 6.45) is 5.01. The molecule has 3 rings (SSSR count). The molecule has 1 saturated carbocycles. The van der Waals surface area contributed by atoms with E-state index < -0.39 is 5.97 Å². The van der Waals surface area contributed by atoms with Crippen molar-refractivity contribution in [3.05, 3.63) is 52.0 Å². The second-order valence-electron chi connectivity index (χ2n) is 6.39. The first-order valence-electron chi connectivity index (χ1n) is 8.75. The van der Waals surface area contributed by atoms with Crippen LogP contribution in [0.25, 0.3) is 6.08 Å². The van der Waals surface area contributed by atoms with Crippen molar-refractivity contribution in [3.63, 3.8) is 0 Å². The zero-order valence-electron chi connectivity index (χ0n) is 15.3. The number of benzene rings is 1. The van der Waals surface area contributed by atoms with Crippen LogP contribution in [-0.4, -0.2) is 30.6 Å². The van der Waals surface area contributed by atoms with E-state index in [0.717, 1.165) is 29.2 Å². The molecule has 142 valence electrons. The minimum Gasteiger partial charge on any atom is -0.497 e. The molecule has 1 aliphatic rings. The first-order valence-corrected chi connectivity index (χ1v) is 9.63. The van der Waals surface area contributed by atoms with Gasteiger partial charge in [-0.1, -0.05) is 12.1 Å². The van der Waals surface area contributed by atoms with E-state index in [9.17, 15) is 9.59 Å². The van der Waals surface area contributed by atoms with Crippen LogP contribution in [0.1, 0.15) is 35.1 Å². The Labute approximate surface area is 162 Å². The van der Waals surface area contributed by atoms with Gasteiger partial charge in [0, 0.05) is 11.5 Å². The third kappa shape index (κ3) is 5.65. The molecule has 0 aliphatic heterocycles. The van der Waals surface area contributed by atoms with Crippen LogP contribution in [-0.2, 0) is 14.3 Å². The van der Waals surface area contributed by atoms with Crippen molar-refractivity contribution < 1.29 is 19.1 Å². The summed E-state index contributed by atoms with van der Waals surface area (Å²) in [6, 6.07) is 7.58. The highest BCUT2D eigenvalue weighted by molar-refractivity contribution is 7.09. The Kier molecular flexibility index (Phi) is 6.24. The molecule has 1 aliphatic carbocycles. The fraction of sp³-hybridized carbons (Fsp3) is 0.350. The summed E-state index contributed by atoms with van der Waals surface area (Å²) < 4.78 is 10.2. The number of aromatic nitrogens is 1. The molecule has 0 bridgehead atoms. The van der Waals surface area contributed by atoms with Gasteiger partial charge in [0.1, 0.15) is 5.75 Å². The number of aryl methyl sites for hydroxylation is 1. The van der Waals surface area contributed by atoms with E-state index in [0.29, 0.717) is 11.6 Å². The van der Waals surface area contributed by atoms with Gasteiger partial charge in [0.25, 0.3) is 5.91 Å². The second kappa shape index (κ2) is 8.81. The third-order valence-electron chi connectivity index (χ3n) is 4.26. The number of amides is 1. The lowest BCUT2D eigenvalue weighted by molar-refractivity contribution is -0.144. The summed E-state index contributed by atoms with van der Waals surface area (Å²) in [5.74, 6) is 0.318. The normalized spacial score (nSPS) is 14.7. The Balaban J connectivity index is 1.50. The van der Waals surface area contributed by atoms with Gasteiger partial charge in [0.15, 0.2) is 6.61 Å². The summed E-state index contributed by atoms with van der Waals surface area (Å²) in [5, 5.41) is 5.74. The molecule has 1 heterocycles. The van der Waals surface area contributed by atoms with E-state index in [1.807, 2.05) is 36.6 Å². The van der Waals surface area contributed by atoms with Crippen LogP contribution >= 0.6 is 11.3 Å². The number of nitrogens with zero attached hydrogens (tertiary/aromatic N) is 1. The molecule has 0 spiro atoms. The van der Waals surface area contributed by atoms with Gasteiger partial charge in [-0.2, -0.15) is 0 Å². The first kappa shape index (κ1) is 19.1. The first-order chi connectivity index (χ1) is 13.0. The molecule has 7 heteroatoms. The molecule has 0 saturated heterocycles. The predicted molar refractivity (Wildman–Crippen MR) is 103 cm³/mol. The molecule has 1 atom stereocenters. The molecule has 0 radical (unpaired) electrons. The summed E-state index contributed by atoms with van der Waals surface area (Å²) in [6.45, 7) is 1.59. The molecule has 2 aromatic rings. The van der Waals surface area contributed by atoms with Crippen LogP contribution in [0.4, 0.5) is 0 Å². The Morgan fingerprint density at radius 2 is 2.07 bits per heavy atom. The number of thiazole rings is 1. The average molecular weight is 386 g/mol. The van der Waals surface area contributed by atoms with Gasteiger partial charge in [-0.3, -0.25) is 4.79 Å². The summed E-state index contributed by atoms with van der Waals surface area (Å²) >= 11 is 1.50. The molecule has 1 aromatic heterocycles. The summed E-state index contributed by atoms with van der Waals surface area (Å²) in [4.78, 5) is 28.2. The summed E-state index contributed by atoms with van der Waals surface area (Å²) in [5.41, 5.74) is 1.73. The number of hydrogen-bond donors (Lipinski definition) is 1. The maximum Gasteiger partial charge on any atom is 0.331 e. The highest BCUT2D eigenvalue weighted by Crippen LogP contribution is 2.41. The number of rotatable bonds is 8. The number of hydrogen-bond acceptors (Lipinski definition) is 6. The van der Waals surface area contributed by atoms with Crippen molar-refractivity contribution >= 4 is 29.3 Å². The van der Waals surface area contributed by atoms with Crippen LogP contribution in [0.2, 0.25) is 0 Å². The standard InChI is InChI=1S/C20H22N2O4S/c1-13-21-16(12-27-13)7-10-19(24)26-11-18(23)22-20(14-3-4-14)15-5-8-17(25-2)9-6-15/h5-10,12,14,20H,3-4,11H2,1-2H3,(H,22,23)/b10-7+. The Morgan fingerprint density at radius 3 is 2.67 bits per heavy atom. The van der Waals surface area contributed by atoms with Crippen LogP contribution < -0.4 is 10.1 Å². The number of carbonyl (C=O) groups excluding carboxylic acids is 2. The average Bonchev–Trinajstić information content (AvgIpc) is 3.44. The largest absolute Gasteiger partial charge is 0.497 e.